The number of phenolic OH excluding ortho intramolecular Hbond substituents is 1. The zero-order valence-electron chi connectivity index (χ0n) is 47.6. The number of pyridine rings is 1. The molecule has 4 nitrogen and oxygen atoms in total. The first-order valence-electron chi connectivity index (χ1n) is 26.1. The van der Waals surface area contributed by atoms with Crippen LogP contribution in [-0.2, 0) is 37.3 Å². The molecule has 300 valence electrons. The van der Waals surface area contributed by atoms with E-state index >= 15 is 0 Å². The van der Waals surface area contributed by atoms with Gasteiger partial charge in [0.2, 0.25) is 0 Å². The number of rotatable bonds is 6. The first-order chi connectivity index (χ1) is 33.4. The van der Waals surface area contributed by atoms with Gasteiger partial charge >= 0.3 is 0 Å². The van der Waals surface area contributed by atoms with Crippen molar-refractivity contribution < 1.29 is 45.4 Å². The standard InChI is InChI=1S/C54H52N3O.Pt/c1-52(2,3)40-30-38(29-39(31-40)46-32-37(27-28-55-46)35-19-12-10-13-20-35)43-24-18-26-48-49(43)56-51(44-33-41(53(4,5)6)34-45(50(44)58)54(7,8)9)57(48)47-25-17-16-23-42(47)36-21-14-11-15-22-36;/h10-28,30-34,58H,1-9H3;/q-1;/i1D3,2D3,3D3,11D,14D,15D,21D,22D;. The zero-order valence-corrected chi connectivity index (χ0v) is 35.8. The number of hydrogen-bond acceptors (Lipinski definition) is 3. The molecule has 6 aromatic carbocycles. The largest absolute Gasteiger partial charge is 0.507 e. The fourth-order valence-corrected chi connectivity index (χ4v) is 7.27. The normalized spacial score (nSPS) is 16.2. The van der Waals surface area contributed by atoms with E-state index in [1.807, 2.05) is 84.0 Å². The second kappa shape index (κ2) is 15.9. The van der Waals surface area contributed by atoms with E-state index in [9.17, 15) is 5.11 Å². The summed E-state index contributed by atoms with van der Waals surface area (Å²) in [5.74, 6) is 0.0775. The number of aromatic hydroxyl groups is 1. The Hall–Kier alpha value is -5.57. The Bertz CT molecular complexity index is 3360. The molecule has 8 aromatic rings. The van der Waals surface area contributed by atoms with Crippen molar-refractivity contribution in [3.8, 4) is 67.5 Å². The third kappa shape index (κ3) is 8.21. The van der Waals surface area contributed by atoms with Gasteiger partial charge in [-0.3, -0.25) is 9.55 Å². The van der Waals surface area contributed by atoms with Crippen LogP contribution in [0.25, 0.3) is 72.7 Å². The molecule has 0 spiro atoms. The average Bonchev–Trinajstić information content (AvgIpc) is 3.68. The number of hydrogen-bond donors (Lipinski definition) is 1. The van der Waals surface area contributed by atoms with Crippen LogP contribution in [0, 0.1) is 6.07 Å². The number of fused-ring (bicyclic) bond motifs is 1. The van der Waals surface area contributed by atoms with E-state index in [1.165, 1.54) is 18.3 Å². The maximum Gasteiger partial charge on any atom is 0.148 e. The molecule has 0 unspecified atom stereocenters. The van der Waals surface area contributed by atoms with Gasteiger partial charge in [-0.05, 0) is 62.8 Å². The molecule has 0 saturated heterocycles. The minimum absolute atomic E-state index is 0. The predicted octanol–water partition coefficient (Wildman–Crippen LogP) is 14.2. The molecule has 59 heavy (non-hydrogen) atoms. The van der Waals surface area contributed by atoms with Gasteiger partial charge in [-0.25, -0.2) is 4.98 Å². The van der Waals surface area contributed by atoms with Crippen LogP contribution in [0.5, 0.6) is 5.75 Å². The Balaban J connectivity index is 0.00000780. The second-order valence-corrected chi connectivity index (χ2v) is 16.6. The molecule has 2 heterocycles. The molecule has 5 heteroatoms. The molecule has 0 aliphatic carbocycles. The Labute approximate surface area is 384 Å². The fraction of sp³-hybridized carbons (Fsp3) is 0.222. The van der Waals surface area contributed by atoms with Gasteiger partial charge in [-0.1, -0.05) is 176 Å². The van der Waals surface area contributed by atoms with Crippen molar-refractivity contribution >= 4 is 11.0 Å². The quantitative estimate of drug-likeness (QED) is 0.169. The van der Waals surface area contributed by atoms with Crippen LogP contribution < -0.4 is 0 Å². The maximum absolute atomic E-state index is 12.5. The van der Waals surface area contributed by atoms with E-state index in [1.54, 1.807) is 59.2 Å². The molecule has 0 aliphatic rings. The van der Waals surface area contributed by atoms with Gasteiger partial charge in [0.05, 0.1) is 29.1 Å². The van der Waals surface area contributed by atoms with Crippen molar-refractivity contribution in [1.82, 2.24) is 14.5 Å². The minimum atomic E-state index is -3.62. The van der Waals surface area contributed by atoms with Crippen molar-refractivity contribution in [2.45, 2.75) is 78.3 Å². The topological polar surface area (TPSA) is 50.9 Å². The van der Waals surface area contributed by atoms with Crippen molar-refractivity contribution in [1.29, 1.82) is 0 Å². The van der Waals surface area contributed by atoms with Crippen molar-refractivity contribution in [2.75, 3.05) is 0 Å². The summed E-state index contributed by atoms with van der Waals surface area (Å²) in [4.78, 5) is 9.91. The van der Waals surface area contributed by atoms with Crippen molar-refractivity contribution in [2.24, 2.45) is 0 Å². The van der Waals surface area contributed by atoms with Crippen LogP contribution in [0.4, 0.5) is 0 Å². The van der Waals surface area contributed by atoms with E-state index in [0.717, 1.165) is 11.1 Å². The summed E-state index contributed by atoms with van der Waals surface area (Å²) in [6.07, 6.45) is 1.54. The summed E-state index contributed by atoms with van der Waals surface area (Å²) in [6, 6.07) is 31.7. The first-order valence-corrected chi connectivity index (χ1v) is 19.1. The van der Waals surface area contributed by atoms with Gasteiger partial charge < -0.3 is 5.11 Å². The Kier molecular flexibility index (Phi) is 7.33. The Morgan fingerprint density at radius 3 is 2.02 bits per heavy atom. The fourth-order valence-electron chi connectivity index (χ4n) is 7.27. The van der Waals surface area contributed by atoms with E-state index < -0.39 is 72.6 Å². The zero-order chi connectivity index (χ0) is 52.8. The van der Waals surface area contributed by atoms with Crippen molar-refractivity contribution in [3.63, 3.8) is 0 Å². The molecule has 8 rings (SSSR count). The number of imidazole rings is 1. The maximum atomic E-state index is 12.5. The monoisotopic (exact) mass is 967 g/mol. The number of nitrogens with zero attached hydrogens (tertiary/aromatic N) is 3. The smallest absolute Gasteiger partial charge is 0.148 e. The van der Waals surface area contributed by atoms with Gasteiger partial charge in [0, 0.05) is 56.4 Å². The summed E-state index contributed by atoms with van der Waals surface area (Å²) in [6.45, 7) is 1.15. The Morgan fingerprint density at radius 1 is 0.627 bits per heavy atom. The summed E-state index contributed by atoms with van der Waals surface area (Å²) in [5.41, 5.74) is -0.0277. The average molecular weight is 968 g/mol. The number of para-hydroxylation sites is 2. The number of aromatic nitrogens is 3. The van der Waals surface area contributed by atoms with Gasteiger partial charge in [0.15, 0.2) is 0 Å². The second-order valence-electron chi connectivity index (χ2n) is 16.6. The molecule has 1 N–H and O–H groups in total. The third-order valence-electron chi connectivity index (χ3n) is 10.4. The predicted molar refractivity (Wildman–Crippen MR) is 243 cm³/mol. The van der Waals surface area contributed by atoms with Gasteiger partial charge in [-0.15, -0.1) is 29.3 Å². The molecule has 0 saturated carbocycles. The van der Waals surface area contributed by atoms with Crippen LogP contribution in [-0.4, -0.2) is 19.6 Å². The molecule has 0 aliphatic heterocycles. The summed E-state index contributed by atoms with van der Waals surface area (Å²) in [7, 11) is 0. The SMILES string of the molecule is [2H]c1c([2H])c([2H])c(-c2ccccc2-n2c(-c3cc(C(C)(C)C)cc(C(C)(C)C)c3O)nc3c(-c4[c-]c(-c5cc(-c6ccccc6)ccn5)cc(C(C([2H])([2H])[2H])(C([2H])([2H])[2H])C([2H])([2H])[2H])c4)cccc32)c([2H])c1[2H].[Pt]. The molecule has 0 atom stereocenters. The van der Waals surface area contributed by atoms with Crippen LogP contribution in [0.15, 0.2) is 146 Å². The van der Waals surface area contributed by atoms with E-state index in [4.69, 9.17) is 24.2 Å². The van der Waals surface area contributed by atoms with Crippen LogP contribution in [0.1, 0.15) is 98.0 Å². The first kappa shape index (κ1) is 27.2. The molecule has 0 amide bonds. The Morgan fingerprint density at radius 2 is 1.31 bits per heavy atom. The molecule has 0 bridgehead atoms. The number of phenols is 1. The van der Waals surface area contributed by atoms with E-state index in [0.29, 0.717) is 22.3 Å². The van der Waals surface area contributed by atoms with E-state index in [-0.39, 0.29) is 77.2 Å². The van der Waals surface area contributed by atoms with Crippen LogP contribution in [0.3, 0.4) is 0 Å². The van der Waals surface area contributed by atoms with E-state index in [2.05, 4.69) is 11.1 Å². The van der Waals surface area contributed by atoms with Crippen molar-refractivity contribution in [3.05, 3.63) is 168 Å². The van der Waals surface area contributed by atoms with Crippen LogP contribution in [0.2, 0.25) is 0 Å². The molecular formula is C54H52N3OPt-. The third-order valence-corrected chi connectivity index (χ3v) is 10.4. The molecule has 0 radical (unpaired) electrons. The van der Waals surface area contributed by atoms with Crippen LogP contribution >= 0.6 is 0 Å². The van der Waals surface area contributed by atoms with Gasteiger partial charge in [-0.2, -0.15) is 0 Å². The summed E-state index contributed by atoms with van der Waals surface area (Å²) >= 11 is 0. The van der Waals surface area contributed by atoms with Gasteiger partial charge in [0.25, 0.3) is 0 Å². The van der Waals surface area contributed by atoms with Gasteiger partial charge in [0.1, 0.15) is 11.6 Å². The minimum Gasteiger partial charge on any atom is -0.507 e. The summed E-state index contributed by atoms with van der Waals surface area (Å²) < 4.78 is 124. The molecule has 0 fully saturated rings. The summed E-state index contributed by atoms with van der Waals surface area (Å²) in [5, 5.41) is 12.5. The molecule has 2 aromatic heterocycles. The molecular weight excluding hydrogens is 902 g/mol. The number of benzene rings is 6.